The van der Waals surface area contributed by atoms with Crippen LogP contribution in [0.1, 0.15) is 42.4 Å². The Hall–Kier alpha value is -3.77. The Bertz CT molecular complexity index is 1440. The van der Waals surface area contributed by atoms with Crippen LogP contribution in [0, 0.1) is 17.1 Å². The average molecular weight is 510 g/mol. The molecule has 0 N–H and O–H groups in total. The lowest BCUT2D eigenvalue weighted by Crippen LogP contribution is -2.36. The molecular formula is C26H25ClFN5O3. The number of carbonyl (C=O) groups is 2. The quantitative estimate of drug-likeness (QED) is 0.524. The first kappa shape index (κ1) is 25.3. The van der Waals surface area contributed by atoms with Crippen molar-refractivity contribution in [1.29, 1.82) is 5.26 Å². The Morgan fingerprint density at radius 2 is 1.97 bits per heavy atom. The summed E-state index contributed by atoms with van der Waals surface area (Å²) in [7, 11) is 1.60. The summed E-state index contributed by atoms with van der Waals surface area (Å²) in [6.07, 6.45) is 2.55. The zero-order chi connectivity index (χ0) is 26.0. The zero-order valence-electron chi connectivity index (χ0n) is 20.0. The summed E-state index contributed by atoms with van der Waals surface area (Å²) in [4.78, 5) is 44.9. The van der Waals surface area contributed by atoms with E-state index in [1.54, 1.807) is 36.2 Å². The summed E-state index contributed by atoms with van der Waals surface area (Å²) in [5, 5.41) is 9.43. The largest absolute Gasteiger partial charge is 0.343 e. The minimum atomic E-state index is -0.582. The van der Waals surface area contributed by atoms with Gasteiger partial charge in [0.2, 0.25) is 11.8 Å². The van der Waals surface area contributed by atoms with E-state index >= 15 is 0 Å². The molecule has 10 heteroatoms. The van der Waals surface area contributed by atoms with Gasteiger partial charge in [-0.2, -0.15) is 5.26 Å². The lowest BCUT2D eigenvalue weighted by Gasteiger charge is -2.31. The van der Waals surface area contributed by atoms with Gasteiger partial charge in [0.05, 0.1) is 22.3 Å². The molecule has 0 unspecified atom stereocenters. The summed E-state index contributed by atoms with van der Waals surface area (Å²) >= 11 is 6.07. The van der Waals surface area contributed by atoms with E-state index in [0.29, 0.717) is 42.1 Å². The standard InChI is InChI=1S/C26H25ClFN5O3/c1-16(34)32-7-5-18(6-8-32)20-10-21-25(23(28)11-20)30-15-33(26(21)36)14-24(35)31(2)13-17-3-4-19(12-29)22(27)9-17/h3-4,9-11,15,18H,5-8,13-14H2,1-2H3. The van der Waals surface area contributed by atoms with Crippen LogP contribution in [0.4, 0.5) is 4.39 Å². The van der Waals surface area contributed by atoms with Crippen LogP contribution in [0.5, 0.6) is 0 Å². The highest BCUT2D eigenvalue weighted by Crippen LogP contribution is 2.30. The molecule has 1 saturated heterocycles. The predicted octanol–water partition coefficient (Wildman–Crippen LogP) is 3.45. The van der Waals surface area contributed by atoms with Crippen molar-refractivity contribution in [3.63, 3.8) is 0 Å². The number of likely N-dealkylation sites (N-methyl/N-ethyl adjacent to an activating group) is 1. The first-order chi connectivity index (χ1) is 17.2. The van der Waals surface area contributed by atoms with E-state index in [9.17, 15) is 18.8 Å². The van der Waals surface area contributed by atoms with Gasteiger partial charge in [-0.15, -0.1) is 0 Å². The van der Waals surface area contributed by atoms with Gasteiger partial charge < -0.3 is 9.80 Å². The van der Waals surface area contributed by atoms with Gasteiger partial charge in [-0.3, -0.25) is 19.0 Å². The van der Waals surface area contributed by atoms with Crippen molar-refractivity contribution >= 4 is 34.3 Å². The first-order valence-electron chi connectivity index (χ1n) is 11.5. The van der Waals surface area contributed by atoms with E-state index < -0.39 is 11.4 Å². The summed E-state index contributed by atoms with van der Waals surface area (Å²) < 4.78 is 16.0. The van der Waals surface area contributed by atoms with E-state index in [-0.39, 0.29) is 41.7 Å². The Kier molecular flexibility index (Phi) is 7.36. The maximum atomic E-state index is 14.9. The van der Waals surface area contributed by atoms with Crippen LogP contribution in [0.3, 0.4) is 0 Å². The third kappa shape index (κ3) is 5.24. The minimum Gasteiger partial charge on any atom is -0.343 e. The number of amides is 2. The number of aromatic nitrogens is 2. The number of likely N-dealkylation sites (tertiary alicyclic amines) is 1. The molecule has 2 heterocycles. The van der Waals surface area contributed by atoms with E-state index in [1.807, 2.05) is 6.07 Å². The minimum absolute atomic E-state index is 0.0159. The molecule has 0 saturated carbocycles. The fourth-order valence-electron chi connectivity index (χ4n) is 4.50. The van der Waals surface area contributed by atoms with Crippen molar-refractivity contribution in [3.8, 4) is 6.07 Å². The van der Waals surface area contributed by atoms with Crippen LogP contribution in [0.15, 0.2) is 41.5 Å². The summed E-state index contributed by atoms with van der Waals surface area (Å²) in [6, 6.07) is 9.98. The molecule has 36 heavy (non-hydrogen) atoms. The van der Waals surface area contributed by atoms with Gasteiger partial charge in [0, 0.05) is 33.6 Å². The highest BCUT2D eigenvalue weighted by Gasteiger charge is 2.24. The molecule has 8 nitrogen and oxygen atoms in total. The summed E-state index contributed by atoms with van der Waals surface area (Å²) in [5.74, 6) is -0.879. The molecule has 4 rings (SSSR count). The number of carbonyl (C=O) groups excluding carboxylic acids is 2. The Morgan fingerprint density at radius 3 is 2.61 bits per heavy atom. The van der Waals surface area contributed by atoms with Gasteiger partial charge in [-0.25, -0.2) is 9.37 Å². The van der Waals surface area contributed by atoms with E-state index in [1.165, 1.54) is 28.8 Å². The fraction of sp³-hybridized carbons (Fsp3) is 0.346. The van der Waals surface area contributed by atoms with Gasteiger partial charge in [0.1, 0.15) is 23.9 Å². The van der Waals surface area contributed by atoms with Crippen LogP contribution >= 0.6 is 11.6 Å². The molecule has 1 aliphatic heterocycles. The van der Waals surface area contributed by atoms with Crippen LogP contribution in [-0.4, -0.2) is 51.3 Å². The highest BCUT2D eigenvalue weighted by atomic mass is 35.5. The summed E-state index contributed by atoms with van der Waals surface area (Å²) in [5.41, 5.74) is 1.25. The van der Waals surface area contributed by atoms with Gasteiger partial charge in [0.25, 0.3) is 5.56 Å². The van der Waals surface area contributed by atoms with Crippen molar-refractivity contribution in [2.75, 3.05) is 20.1 Å². The second-order valence-electron chi connectivity index (χ2n) is 9.03. The average Bonchev–Trinajstić information content (AvgIpc) is 2.86. The number of hydrogen-bond donors (Lipinski definition) is 0. The lowest BCUT2D eigenvalue weighted by molar-refractivity contribution is -0.131. The predicted molar refractivity (Wildman–Crippen MR) is 133 cm³/mol. The van der Waals surface area contributed by atoms with Crippen molar-refractivity contribution in [2.45, 2.75) is 38.8 Å². The molecule has 0 radical (unpaired) electrons. The second-order valence-corrected chi connectivity index (χ2v) is 9.44. The molecular weight excluding hydrogens is 485 g/mol. The third-order valence-corrected chi connectivity index (χ3v) is 6.93. The molecule has 0 aliphatic carbocycles. The van der Waals surface area contributed by atoms with E-state index in [0.717, 1.165) is 5.56 Å². The van der Waals surface area contributed by atoms with Crippen molar-refractivity contribution < 1.29 is 14.0 Å². The lowest BCUT2D eigenvalue weighted by atomic mass is 9.88. The molecule has 0 spiro atoms. The van der Waals surface area contributed by atoms with Gasteiger partial charge >= 0.3 is 0 Å². The SMILES string of the molecule is CC(=O)N1CCC(c2cc(F)c3ncn(CC(=O)N(C)Cc4ccc(C#N)c(Cl)c4)c(=O)c3c2)CC1. The van der Waals surface area contributed by atoms with Crippen LogP contribution < -0.4 is 5.56 Å². The molecule has 1 aliphatic rings. The normalized spacial score (nSPS) is 14.0. The zero-order valence-corrected chi connectivity index (χ0v) is 20.8. The molecule has 2 aromatic carbocycles. The highest BCUT2D eigenvalue weighted by molar-refractivity contribution is 6.31. The van der Waals surface area contributed by atoms with Crippen molar-refractivity contribution in [3.05, 3.63) is 74.5 Å². The number of nitrogens with zero attached hydrogens (tertiary/aromatic N) is 5. The first-order valence-corrected chi connectivity index (χ1v) is 11.9. The number of nitriles is 1. The van der Waals surface area contributed by atoms with Crippen LogP contribution in [0.2, 0.25) is 5.02 Å². The van der Waals surface area contributed by atoms with E-state index in [2.05, 4.69) is 4.98 Å². The van der Waals surface area contributed by atoms with Gasteiger partial charge in [0.15, 0.2) is 0 Å². The Morgan fingerprint density at radius 1 is 1.25 bits per heavy atom. The molecule has 1 aromatic heterocycles. The number of rotatable bonds is 5. The fourth-order valence-corrected chi connectivity index (χ4v) is 4.75. The number of fused-ring (bicyclic) bond motifs is 1. The number of hydrogen-bond acceptors (Lipinski definition) is 5. The second kappa shape index (κ2) is 10.5. The van der Waals surface area contributed by atoms with E-state index in [4.69, 9.17) is 16.9 Å². The van der Waals surface area contributed by atoms with Gasteiger partial charge in [-0.05, 0) is 54.2 Å². The van der Waals surface area contributed by atoms with Crippen LogP contribution in [0.25, 0.3) is 10.9 Å². The molecule has 1 fully saturated rings. The smallest absolute Gasteiger partial charge is 0.261 e. The van der Waals surface area contributed by atoms with Crippen molar-refractivity contribution in [1.82, 2.24) is 19.4 Å². The Labute approximate surface area is 212 Å². The molecule has 186 valence electrons. The monoisotopic (exact) mass is 509 g/mol. The van der Waals surface area contributed by atoms with Crippen molar-refractivity contribution in [2.24, 2.45) is 0 Å². The molecule has 2 amide bonds. The molecule has 0 atom stereocenters. The number of piperidine rings is 1. The summed E-state index contributed by atoms with van der Waals surface area (Å²) in [6.45, 7) is 2.68. The third-order valence-electron chi connectivity index (χ3n) is 6.62. The molecule has 0 bridgehead atoms. The van der Waals surface area contributed by atoms with Gasteiger partial charge in [-0.1, -0.05) is 17.7 Å². The number of halogens is 2. The number of benzene rings is 2. The maximum Gasteiger partial charge on any atom is 0.261 e. The molecule has 3 aromatic rings. The van der Waals surface area contributed by atoms with Crippen LogP contribution in [-0.2, 0) is 22.7 Å². The topological polar surface area (TPSA) is 99.3 Å². The maximum absolute atomic E-state index is 14.9. The Balaban J connectivity index is 1.53.